The third kappa shape index (κ3) is 3.37. The number of imide groups is 1. The lowest BCUT2D eigenvalue weighted by molar-refractivity contribution is -0.143. The molecule has 0 saturated carbocycles. The highest BCUT2D eigenvalue weighted by atomic mass is 16.5. The van der Waals surface area contributed by atoms with E-state index in [9.17, 15) is 14.4 Å². The maximum atomic E-state index is 12.9. The van der Waals surface area contributed by atoms with Crippen LogP contribution in [0.3, 0.4) is 0 Å². The average molecular weight is 346 g/mol. The number of piperidine rings is 1. The molecule has 1 aromatic rings. The molecule has 3 rings (SSSR count). The standard InChI is InChI=1S/C18H22N2O5/c1-2-25-15-6-4-3-5-13(15)20-16(21)11-14(17(20)22)19-9-7-12(8-10-19)18(23)24/h3-6,12,14H,2,7-11H2,1H3,(H,23,24). The summed E-state index contributed by atoms with van der Waals surface area (Å²) >= 11 is 0. The van der Waals surface area contributed by atoms with Gasteiger partial charge < -0.3 is 9.84 Å². The van der Waals surface area contributed by atoms with Gasteiger partial charge >= 0.3 is 5.97 Å². The van der Waals surface area contributed by atoms with E-state index in [4.69, 9.17) is 9.84 Å². The number of amides is 2. The minimum Gasteiger partial charge on any atom is -0.492 e. The third-order valence-corrected chi connectivity index (χ3v) is 4.85. The lowest BCUT2D eigenvalue weighted by Crippen LogP contribution is -2.46. The summed E-state index contributed by atoms with van der Waals surface area (Å²) in [5.74, 6) is -1.15. The fourth-order valence-corrected chi connectivity index (χ4v) is 3.53. The molecule has 2 aliphatic heterocycles. The van der Waals surface area contributed by atoms with Crippen molar-refractivity contribution in [1.82, 2.24) is 4.90 Å². The highest BCUT2D eigenvalue weighted by Crippen LogP contribution is 2.34. The van der Waals surface area contributed by atoms with Crippen molar-refractivity contribution in [1.29, 1.82) is 0 Å². The summed E-state index contributed by atoms with van der Waals surface area (Å²) in [5.41, 5.74) is 0.474. The second kappa shape index (κ2) is 7.23. The van der Waals surface area contributed by atoms with Crippen molar-refractivity contribution in [3.63, 3.8) is 0 Å². The van der Waals surface area contributed by atoms with E-state index in [0.717, 1.165) is 0 Å². The van der Waals surface area contributed by atoms with E-state index in [-0.39, 0.29) is 24.2 Å². The van der Waals surface area contributed by atoms with Crippen LogP contribution in [0.25, 0.3) is 0 Å². The van der Waals surface area contributed by atoms with Crippen LogP contribution in [0.4, 0.5) is 5.69 Å². The van der Waals surface area contributed by atoms with Gasteiger partial charge in [-0.05, 0) is 45.0 Å². The molecule has 2 heterocycles. The molecule has 0 bridgehead atoms. The van der Waals surface area contributed by atoms with Crippen LogP contribution < -0.4 is 9.64 Å². The molecule has 2 aliphatic rings. The van der Waals surface area contributed by atoms with Gasteiger partial charge in [-0.3, -0.25) is 19.3 Å². The topological polar surface area (TPSA) is 87.2 Å². The fourth-order valence-electron chi connectivity index (χ4n) is 3.53. The molecule has 25 heavy (non-hydrogen) atoms. The number of hydrogen-bond acceptors (Lipinski definition) is 5. The molecule has 2 amide bonds. The van der Waals surface area contributed by atoms with Crippen molar-refractivity contribution >= 4 is 23.5 Å². The van der Waals surface area contributed by atoms with Gasteiger partial charge in [0, 0.05) is 0 Å². The first-order chi connectivity index (χ1) is 12.0. The second-order valence-electron chi connectivity index (χ2n) is 6.34. The number of likely N-dealkylation sites (tertiary alicyclic amines) is 1. The molecule has 7 heteroatoms. The molecule has 134 valence electrons. The zero-order valence-corrected chi connectivity index (χ0v) is 14.2. The number of hydrogen-bond donors (Lipinski definition) is 1. The van der Waals surface area contributed by atoms with Gasteiger partial charge in [-0.1, -0.05) is 12.1 Å². The Balaban J connectivity index is 1.76. The minimum absolute atomic E-state index is 0.122. The lowest BCUT2D eigenvalue weighted by Gasteiger charge is -2.33. The van der Waals surface area contributed by atoms with Crippen molar-refractivity contribution in [2.24, 2.45) is 5.92 Å². The molecule has 1 unspecified atom stereocenters. The normalized spacial score (nSPS) is 22.4. The van der Waals surface area contributed by atoms with Crippen LogP contribution in [0.15, 0.2) is 24.3 Å². The number of anilines is 1. The van der Waals surface area contributed by atoms with Crippen molar-refractivity contribution in [2.45, 2.75) is 32.2 Å². The number of carbonyl (C=O) groups is 3. The van der Waals surface area contributed by atoms with E-state index in [0.29, 0.717) is 44.0 Å². The fraction of sp³-hybridized carbons (Fsp3) is 0.500. The summed E-state index contributed by atoms with van der Waals surface area (Å²) in [6.45, 7) is 3.32. The number of carbonyl (C=O) groups excluding carboxylic acids is 2. The predicted octanol–water partition coefficient (Wildman–Crippen LogP) is 1.51. The summed E-state index contributed by atoms with van der Waals surface area (Å²) < 4.78 is 5.54. The van der Waals surface area contributed by atoms with Gasteiger partial charge in [0.1, 0.15) is 5.75 Å². The quantitative estimate of drug-likeness (QED) is 0.813. The first kappa shape index (κ1) is 17.4. The van der Waals surface area contributed by atoms with E-state index in [1.54, 1.807) is 24.3 Å². The zero-order valence-electron chi connectivity index (χ0n) is 14.2. The van der Waals surface area contributed by atoms with Crippen LogP contribution in [0.1, 0.15) is 26.2 Å². The SMILES string of the molecule is CCOc1ccccc1N1C(=O)CC(N2CCC(C(=O)O)CC2)C1=O. The molecule has 0 aliphatic carbocycles. The summed E-state index contributed by atoms with van der Waals surface area (Å²) in [4.78, 5) is 39.6. The predicted molar refractivity (Wildman–Crippen MR) is 90.4 cm³/mol. The highest BCUT2D eigenvalue weighted by molar-refractivity contribution is 6.23. The monoisotopic (exact) mass is 346 g/mol. The minimum atomic E-state index is -0.791. The van der Waals surface area contributed by atoms with E-state index in [2.05, 4.69) is 0 Å². The lowest BCUT2D eigenvalue weighted by atomic mass is 9.96. The van der Waals surface area contributed by atoms with Gasteiger partial charge in [0.05, 0.1) is 30.7 Å². The largest absolute Gasteiger partial charge is 0.492 e. The maximum absolute atomic E-state index is 12.9. The molecular formula is C18H22N2O5. The van der Waals surface area contributed by atoms with Gasteiger partial charge in [-0.15, -0.1) is 0 Å². The Hall–Kier alpha value is -2.41. The van der Waals surface area contributed by atoms with Gasteiger partial charge in [0.15, 0.2) is 0 Å². The Morgan fingerprint density at radius 3 is 2.56 bits per heavy atom. The molecule has 0 radical (unpaired) electrons. The zero-order chi connectivity index (χ0) is 18.0. The number of nitrogens with zero attached hydrogens (tertiary/aromatic N) is 2. The van der Waals surface area contributed by atoms with Gasteiger partial charge in [-0.25, -0.2) is 4.90 Å². The molecular weight excluding hydrogens is 324 g/mol. The van der Waals surface area contributed by atoms with E-state index in [1.807, 2.05) is 11.8 Å². The van der Waals surface area contributed by atoms with Crippen LogP contribution in [0.2, 0.25) is 0 Å². The van der Waals surface area contributed by atoms with Gasteiger partial charge in [0.2, 0.25) is 5.91 Å². The van der Waals surface area contributed by atoms with Crippen LogP contribution in [-0.4, -0.2) is 53.5 Å². The Labute approximate surface area is 146 Å². The van der Waals surface area contributed by atoms with E-state index < -0.39 is 12.0 Å². The van der Waals surface area contributed by atoms with Crippen LogP contribution in [-0.2, 0) is 14.4 Å². The molecule has 1 atom stereocenters. The number of ether oxygens (including phenoxy) is 1. The van der Waals surface area contributed by atoms with Crippen LogP contribution in [0.5, 0.6) is 5.75 Å². The summed E-state index contributed by atoms with van der Waals surface area (Å²) in [6.07, 6.45) is 1.13. The first-order valence-electron chi connectivity index (χ1n) is 8.58. The molecule has 2 fully saturated rings. The van der Waals surface area contributed by atoms with Crippen molar-refractivity contribution < 1.29 is 24.2 Å². The Bertz CT molecular complexity index is 682. The molecule has 1 N–H and O–H groups in total. The number of benzene rings is 1. The number of rotatable bonds is 5. The van der Waals surface area contributed by atoms with E-state index in [1.165, 1.54) is 4.90 Å². The molecule has 0 aromatic heterocycles. The third-order valence-electron chi connectivity index (χ3n) is 4.85. The van der Waals surface area contributed by atoms with Gasteiger partial charge in [0.25, 0.3) is 5.91 Å². The Morgan fingerprint density at radius 1 is 1.24 bits per heavy atom. The number of aliphatic carboxylic acids is 1. The smallest absolute Gasteiger partial charge is 0.306 e. The number of carboxylic acids is 1. The second-order valence-corrected chi connectivity index (χ2v) is 6.34. The van der Waals surface area contributed by atoms with Crippen LogP contribution in [0, 0.1) is 5.92 Å². The number of para-hydroxylation sites is 2. The molecule has 1 aromatic carbocycles. The first-order valence-corrected chi connectivity index (χ1v) is 8.58. The van der Waals surface area contributed by atoms with Crippen molar-refractivity contribution in [3.8, 4) is 5.75 Å². The summed E-state index contributed by atoms with van der Waals surface area (Å²) in [5, 5.41) is 9.09. The Kier molecular flexibility index (Phi) is 5.03. The molecule has 7 nitrogen and oxygen atoms in total. The summed E-state index contributed by atoms with van der Waals surface area (Å²) in [7, 11) is 0. The summed E-state index contributed by atoms with van der Waals surface area (Å²) in [6, 6.07) is 6.50. The highest BCUT2D eigenvalue weighted by Gasteiger charge is 2.44. The average Bonchev–Trinajstić information content (AvgIpc) is 2.90. The Morgan fingerprint density at radius 2 is 1.92 bits per heavy atom. The molecule has 0 spiro atoms. The van der Waals surface area contributed by atoms with Crippen molar-refractivity contribution in [3.05, 3.63) is 24.3 Å². The number of carboxylic acid groups (broad SMARTS) is 1. The van der Waals surface area contributed by atoms with E-state index >= 15 is 0 Å². The van der Waals surface area contributed by atoms with Crippen molar-refractivity contribution in [2.75, 3.05) is 24.6 Å². The maximum Gasteiger partial charge on any atom is 0.306 e. The van der Waals surface area contributed by atoms with Crippen LogP contribution >= 0.6 is 0 Å². The molecule has 2 saturated heterocycles. The van der Waals surface area contributed by atoms with Gasteiger partial charge in [-0.2, -0.15) is 0 Å².